The predicted octanol–water partition coefficient (Wildman–Crippen LogP) is 1.90. The van der Waals surface area contributed by atoms with Crippen molar-refractivity contribution in [3.05, 3.63) is 12.1 Å². The van der Waals surface area contributed by atoms with Gasteiger partial charge in [-0.05, 0) is 13.8 Å². The Hall–Kier alpha value is -1.62. The number of methoxy groups -OCH3 is 2. The van der Waals surface area contributed by atoms with Crippen LogP contribution in [0.2, 0.25) is 0 Å². The Morgan fingerprint density at radius 1 is 1.21 bits per heavy atom. The fourth-order valence-electron chi connectivity index (χ4n) is 2.38. The monoisotopic (exact) mass is 266 g/mol. The maximum Gasteiger partial charge on any atom is 0.162 e. The lowest BCUT2D eigenvalue weighted by molar-refractivity contribution is -0.0276. The summed E-state index contributed by atoms with van der Waals surface area (Å²) in [6.07, 6.45) is 0. The van der Waals surface area contributed by atoms with Gasteiger partial charge in [0.2, 0.25) is 0 Å². The van der Waals surface area contributed by atoms with Crippen molar-refractivity contribution >= 4 is 11.4 Å². The Labute approximate surface area is 114 Å². The third-order valence-electron chi connectivity index (χ3n) is 3.30. The summed E-state index contributed by atoms with van der Waals surface area (Å²) < 4.78 is 16.3. The summed E-state index contributed by atoms with van der Waals surface area (Å²) in [4.78, 5) is 2.22. The first-order valence-electron chi connectivity index (χ1n) is 6.37. The molecule has 0 amide bonds. The lowest BCUT2D eigenvalue weighted by atomic mass is 10.1. The van der Waals surface area contributed by atoms with E-state index in [9.17, 15) is 0 Å². The van der Waals surface area contributed by atoms with Crippen molar-refractivity contribution in [1.29, 1.82) is 0 Å². The Morgan fingerprint density at radius 3 is 2.42 bits per heavy atom. The maximum atomic E-state index is 6.12. The minimum Gasteiger partial charge on any atom is -0.493 e. The average Bonchev–Trinajstić information content (AvgIpc) is 2.37. The highest BCUT2D eigenvalue weighted by atomic mass is 16.5. The number of nitrogens with two attached hydrogens (primary N) is 1. The minimum atomic E-state index is -0.169. The molecule has 1 aromatic rings. The zero-order chi connectivity index (χ0) is 14.0. The van der Waals surface area contributed by atoms with Crippen molar-refractivity contribution in [2.45, 2.75) is 19.4 Å². The van der Waals surface area contributed by atoms with Crippen molar-refractivity contribution in [1.82, 2.24) is 0 Å². The third-order valence-corrected chi connectivity index (χ3v) is 3.30. The van der Waals surface area contributed by atoms with E-state index in [0.717, 1.165) is 18.8 Å². The summed E-state index contributed by atoms with van der Waals surface area (Å²) in [5.41, 5.74) is 7.61. The van der Waals surface area contributed by atoms with Gasteiger partial charge in [0.25, 0.3) is 0 Å². The molecule has 1 aliphatic rings. The predicted molar refractivity (Wildman–Crippen MR) is 76.2 cm³/mol. The van der Waals surface area contributed by atoms with E-state index in [4.69, 9.17) is 19.9 Å². The Bertz CT molecular complexity index is 460. The first-order chi connectivity index (χ1) is 8.96. The molecule has 1 saturated heterocycles. The molecule has 106 valence electrons. The third kappa shape index (κ3) is 2.87. The minimum absolute atomic E-state index is 0.169. The van der Waals surface area contributed by atoms with Gasteiger partial charge in [0.1, 0.15) is 0 Å². The second kappa shape index (κ2) is 5.17. The van der Waals surface area contributed by atoms with Gasteiger partial charge in [-0.3, -0.25) is 0 Å². The average molecular weight is 266 g/mol. The fraction of sp³-hybridized carbons (Fsp3) is 0.571. The molecule has 0 atom stereocenters. The summed E-state index contributed by atoms with van der Waals surface area (Å²) in [7, 11) is 3.23. The van der Waals surface area contributed by atoms with Crippen LogP contribution in [0.1, 0.15) is 13.8 Å². The van der Waals surface area contributed by atoms with Crippen LogP contribution in [-0.4, -0.2) is 39.5 Å². The molecule has 0 bridgehead atoms. The van der Waals surface area contributed by atoms with Gasteiger partial charge in [-0.15, -0.1) is 0 Å². The molecule has 0 radical (unpaired) electrons. The second-order valence-corrected chi connectivity index (χ2v) is 5.30. The summed E-state index contributed by atoms with van der Waals surface area (Å²) in [6.45, 7) is 6.47. The van der Waals surface area contributed by atoms with Crippen LogP contribution in [0.3, 0.4) is 0 Å². The first-order valence-corrected chi connectivity index (χ1v) is 6.37. The number of benzene rings is 1. The van der Waals surface area contributed by atoms with Gasteiger partial charge in [-0.1, -0.05) is 0 Å². The smallest absolute Gasteiger partial charge is 0.162 e. The maximum absolute atomic E-state index is 6.12. The van der Waals surface area contributed by atoms with Crippen molar-refractivity contribution in [3.63, 3.8) is 0 Å². The van der Waals surface area contributed by atoms with Gasteiger partial charge < -0.3 is 24.8 Å². The van der Waals surface area contributed by atoms with Crippen LogP contribution < -0.4 is 20.1 Å². The van der Waals surface area contributed by atoms with Crippen molar-refractivity contribution in [2.75, 3.05) is 44.5 Å². The van der Waals surface area contributed by atoms with E-state index in [2.05, 4.69) is 18.7 Å². The topological polar surface area (TPSA) is 57.0 Å². The molecule has 0 unspecified atom stereocenters. The number of nitrogen functional groups attached to an aromatic ring is 1. The summed E-state index contributed by atoms with van der Waals surface area (Å²) in [5, 5.41) is 0. The Morgan fingerprint density at radius 2 is 1.84 bits per heavy atom. The molecule has 2 rings (SSSR count). The van der Waals surface area contributed by atoms with E-state index in [1.165, 1.54) is 0 Å². The van der Waals surface area contributed by atoms with Crippen LogP contribution in [-0.2, 0) is 4.74 Å². The molecular weight excluding hydrogens is 244 g/mol. The molecule has 1 aliphatic heterocycles. The van der Waals surface area contributed by atoms with Crippen LogP contribution in [0.15, 0.2) is 12.1 Å². The number of hydrogen-bond acceptors (Lipinski definition) is 5. The molecule has 5 nitrogen and oxygen atoms in total. The molecule has 5 heteroatoms. The lowest BCUT2D eigenvalue weighted by Crippen LogP contribution is -2.48. The normalized spacial score (nSPS) is 18.2. The van der Waals surface area contributed by atoms with E-state index in [1.807, 2.05) is 6.07 Å². The van der Waals surface area contributed by atoms with Gasteiger partial charge in [0.15, 0.2) is 11.5 Å². The number of morpholine rings is 1. The highest BCUT2D eigenvalue weighted by molar-refractivity contribution is 5.73. The van der Waals surface area contributed by atoms with Crippen LogP contribution in [0.5, 0.6) is 11.5 Å². The number of hydrogen-bond donors (Lipinski definition) is 1. The molecule has 1 fully saturated rings. The van der Waals surface area contributed by atoms with Gasteiger partial charge >= 0.3 is 0 Å². The highest BCUT2D eigenvalue weighted by Gasteiger charge is 2.28. The molecule has 0 aliphatic carbocycles. The van der Waals surface area contributed by atoms with Crippen molar-refractivity contribution < 1.29 is 14.2 Å². The first kappa shape index (κ1) is 13.8. The van der Waals surface area contributed by atoms with Crippen molar-refractivity contribution in [3.8, 4) is 11.5 Å². The van der Waals surface area contributed by atoms with Crippen LogP contribution >= 0.6 is 0 Å². The molecule has 1 aromatic carbocycles. The van der Waals surface area contributed by atoms with Gasteiger partial charge in [0.05, 0.1) is 37.8 Å². The number of ether oxygens (including phenoxy) is 3. The lowest BCUT2D eigenvalue weighted by Gasteiger charge is -2.40. The molecule has 2 N–H and O–H groups in total. The van der Waals surface area contributed by atoms with Crippen molar-refractivity contribution in [2.24, 2.45) is 0 Å². The fourth-order valence-corrected chi connectivity index (χ4v) is 2.38. The van der Waals surface area contributed by atoms with Crippen LogP contribution in [0.25, 0.3) is 0 Å². The SMILES string of the molecule is COc1cc(N)c(N2CCOC(C)(C)C2)cc1OC. The van der Waals surface area contributed by atoms with Gasteiger partial charge in [-0.2, -0.15) is 0 Å². The molecule has 0 spiro atoms. The quantitative estimate of drug-likeness (QED) is 0.847. The van der Waals surface area contributed by atoms with E-state index in [-0.39, 0.29) is 5.60 Å². The standard InChI is InChI=1S/C14H22N2O3/c1-14(2)9-16(5-6-19-14)11-8-13(18-4)12(17-3)7-10(11)15/h7-8H,5-6,9,15H2,1-4H3. The van der Waals surface area contributed by atoms with Gasteiger partial charge in [-0.25, -0.2) is 0 Å². The molecule has 19 heavy (non-hydrogen) atoms. The van der Waals surface area contributed by atoms with E-state index >= 15 is 0 Å². The molecule has 1 heterocycles. The van der Waals surface area contributed by atoms with Crippen LogP contribution in [0.4, 0.5) is 11.4 Å². The van der Waals surface area contributed by atoms with Gasteiger partial charge in [0, 0.05) is 25.2 Å². The zero-order valence-corrected chi connectivity index (χ0v) is 12.0. The van der Waals surface area contributed by atoms with E-state index in [0.29, 0.717) is 23.8 Å². The Balaban J connectivity index is 2.34. The van der Waals surface area contributed by atoms with E-state index < -0.39 is 0 Å². The molecule has 0 aromatic heterocycles. The number of rotatable bonds is 3. The summed E-state index contributed by atoms with van der Waals surface area (Å²) in [5.74, 6) is 1.34. The van der Waals surface area contributed by atoms with Crippen LogP contribution in [0, 0.1) is 0 Å². The number of anilines is 2. The second-order valence-electron chi connectivity index (χ2n) is 5.30. The Kier molecular flexibility index (Phi) is 3.75. The largest absolute Gasteiger partial charge is 0.493 e. The number of nitrogens with zero attached hydrogens (tertiary/aromatic N) is 1. The highest BCUT2D eigenvalue weighted by Crippen LogP contribution is 2.38. The van der Waals surface area contributed by atoms with E-state index in [1.54, 1.807) is 20.3 Å². The summed E-state index contributed by atoms with van der Waals surface area (Å²) >= 11 is 0. The zero-order valence-electron chi connectivity index (χ0n) is 12.0. The molecule has 0 saturated carbocycles. The summed E-state index contributed by atoms with van der Waals surface area (Å²) in [6, 6.07) is 3.73. The molecular formula is C14H22N2O3.